The lowest BCUT2D eigenvalue weighted by Gasteiger charge is -2.41. The second-order valence-electron chi connectivity index (χ2n) is 9.91. The Labute approximate surface area is 189 Å². The third-order valence-electron chi connectivity index (χ3n) is 8.05. The molecule has 1 atom stereocenters. The van der Waals surface area contributed by atoms with Gasteiger partial charge in [0.05, 0.1) is 0 Å². The Morgan fingerprint density at radius 3 is 2.45 bits per heavy atom. The van der Waals surface area contributed by atoms with E-state index in [1.54, 1.807) is 0 Å². The number of nitrogens with one attached hydrogen (secondary N) is 1. The molecule has 4 rings (SSSR count). The normalized spacial score (nSPS) is 25.2. The van der Waals surface area contributed by atoms with Gasteiger partial charge in [0.2, 0.25) is 5.91 Å². The largest absolute Gasteiger partial charge is 0.354 e. The van der Waals surface area contributed by atoms with Crippen molar-refractivity contribution in [3.8, 4) is 0 Å². The standard InChI is InChI=1S/C26H42N4O/c1-3-29-14-6-9-25(29)19-27-26(31)22-10-17-30(18-11-22)24-12-15-28(16-13-24)20-23-8-5-4-7-21(23)2/h4-5,7-8,22,24-25H,3,6,9-20H2,1-2H3,(H,27,31). The number of piperidine rings is 2. The molecular formula is C26H42N4O. The summed E-state index contributed by atoms with van der Waals surface area (Å²) in [5, 5.41) is 3.28. The van der Waals surface area contributed by atoms with E-state index in [9.17, 15) is 4.79 Å². The van der Waals surface area contributed by atoms with Crippen LogP contribution in [-0.4, -0.2) is 78.5 Å². The molecular weight excluding hydrogens is 384 g/mol. The van der Waals surface area contributed by atoms with Gasteiger partial charge in [0.1, 0.15) is 0 Å². The summed E-state index contributed by atoms with van der Waals surface area (Å²) in [6.07, 6.45) is 7.08. The Morgan fingerprint density at radius 2 is 1.74 bits per heavy atom. The van der Waals surface area contributed by atoms with Crippen LogP contribution >= 0.6 is 0 Å². The van der Waals surface area contributed by atoms with Crippen molar-refractivity contribution in [3.05, 3.63) is 35.4 Å². The second-order valence-corrected chi connectivity index (χ2v) is 9.91. The lowest BCUT2D eigenvalue weighted by Crippen LogP contribution is -2.49. The fraction of sp³-hybridized carbons (Fsp3) is 0.731. The minimum atomic E-state index is 0.217. The highest BCUT2D eigenvalue weighted by Crippen LogP contribution is 2.25. The first kappa shape index (κ1) is 22.8. The van der Waals surface area contributed by atoms with Crippen molar-refractivity contribution in [2.45, 2.75) is 71.0 Å². The van der Waals surface area contributed by atoms with Crippen LogP contribution in [0.1, 0.15) is 56.6 Å². The number of carbonyl (C=O) groups excluding carboxylic acids is 1. The van der Waals surface area contributed by atoms with Gasteiger partial charge in [-0.15, -0.1) is 0 Å². The molecule has 1 unspecified atom stereocenters. The highest BCUT2D eigenvalue weighted by molar-refractivity contribution is 5.78. The van der Waals surface area contributed by atoms with Gasteiger partial charge in [-0.1, -0.05) is 31.2 Å². The summed E-state index contributed by atoms with van der Waals surface area (Å²) in [6, 6.07) is 10.0. The smallest absolute Gasteiger partial charge is 0.223 e. The Balaban J connectivity index is 1.16. The van der Waals surface area contributed by atoms with Crippen molar-refractivity contribution in [2.75, 3.05) is 45.8 Å². The molecule has 31 heavy (non-hydrogen) atoms. The molecule has 0 aliphatic carbocycles. The summed E-state index contributed by atoms with van der Waals surface area (Å²) >= 11 is 0. The molecule has 0 spiro atoms. The molecule has 1 aromatic carbocycles. The second kappa shape index (κ2) is 10.9. The van der Waals surface area contributed by atoms with Crippen molar-refractivity contribution in [2.24, 2.45) is 5.92 Å². The predicted molar refractivity (Wildman–Crippen MR) is 127 cm³/mol. The fourth-order valence-corrected chi connectivity index (χ4v) is 5.90. The van der Waals surface area contributed by atoms with E-state index in [1.165, 1.54) is 56.4 Å². The van der Waals surface area contributed by atoms with Crippen molar-refractivity contribution in [1.82, 2.24) is 20.0 Å². The van der Waals surface area contributed by atoms with E-state index in [0.29, 0.717) is 18.0 Å². The highest BCUT2D eigenvalue weighted by atomic mass is 16.1. The molecule has 3 heterocycles. The number of benzene rings is 1. The zero-order valence-electron chi connectivity index (χ0n) is 19.7. The Bertz CT molecular complexity index is 707. The maximum atomic E-state index is 12.7. The summed E-state index contributed by atoms with van der Waals surface area (Å²) < 4.78 is 0. The Hall–Kier alpha value is -1.43. The van der Waals surface area contributed by atoms with Gasteiger partial charge in [-0.3, -0.25) is 14.6 Å². The fourth-order valence-electron chi connectivity index (χ4n) is 5.90. The first-order chi connectivity index (χ1) is 15.1. The van der Waals surface area contributed by atoms with Crippen LogP contribution in [0.5, 0.6) is 0 Å². The summed E-state index contributed by atoms with van der Waals surface area (Å²) in [4.78, 5) is 20.5. The molecule has 0 radical (unpaired) electrons. The number of likely N-dealkylation sites (N-methyl/N-ethyl adjacent to an activating group) is 1. The van der Waals surface area contributed by atoms with Crippen molar-refractivity contribution in [1.29, 1.82) is 0 Å². The van der Waals surface area contributed by atoms with Crippen LogP contribution < -0.4 is 5.32 Å². The Kier molecular flexibility index (Phi) is 8.02. The topological polar surface area (TPSA) is 38.8 Å². The number of rotatable bonds is 7. The molecule has 3 fully saturated rings. The van der Waals surface area contributed by atoms with E-state index in [-0.39, 0.29) is 5.92 Å². The first-order valence-corrected chi connectivity index (χ1v) is 12.7. The molecule has 3 aliphatic heterocycles. The third-order valence-corrected chi connectivity index (χ3v) is 8.05. The van der Waals surface area contributed by atoms with Crippen LogP contribution in [-0.2, 0) is 11.3 Å². The average Bonchev–Trinajstić information content (AvgIpc) is 3.27. The van der Waals surface area contributed by atoms with E-state index in [2.05, 4.69) is 58.1 Å². The van der Waals surface area contributed by atoms with Gasteiger partial charge in [-0.25, -0.2) is 0 Å². The van der Waals surface area contributed by atoms with Crippen LogP contribution in [0.2, 0.25) is 0 Å². The summed E-state index contributed by atoms with van der Waals surface area (Å²) in [7, 11) is 0. The molecule has 0 bridgehead atoms. The number of likely N-dealkylation sites (tertiary alicyclic amines) is 3. The molecule has 3 aliphatic rings. The number of carbonyl (C=O) groups is 1. The number of nitrogens with zero attached hydrogens (tertiary/aromatic N) is 3. The summed E-state index contributed by atoms with van der Waals surface area (Å²) in [5.74, 6) is 0.518. The maximum absolute atomic E-state index is 12.7. The molecule has 1 amide bonds. The van der Waals surface area contributed by atoms with Gasteiger partial charge in [0.25, 0.3) is 0 Å². The van der Waals surface area contributed by atoms with E-state index >= 15 is 0 Å². The monoisotopic (exact) mass is 426 g/mol. The number of hydrogen-bond acceptors (Lipinski definition) is 4. The molecule has 5 heteroatoms. The highest BCUT2D eigenvalue weighted by Gasteiger charge is 2.31. The van der Waals surface area contributed by atoms with Crippen molar-refractivity contribution < 1.29 is 4.79 Å². The molecule has 1 N–H and O–H groups in total. The van der Waals surface area contributed by atoms with Gasteiger partial charge in [-0.05, 0) is 95.8 Å². The first-order valence-electron chi connectivity index (χ1n) is 12.7. The molecule has 5 nitrogen and oxygen atoms in total. The van der Waals surface area contributed by atoms with Gasteiger partial charge < -0.3 is 10.2 Å². The quantitative estimate of drug-likeness (QED) is 0.726. The number of aryl methyl sites for hydroxylation is 1. The summed E-state index contributed by atoms with van der Waals surface area (Å²) in [6.45, 7) is 13.2. The van der Waals surface area contributed by atoms with Crippen LogP contribution in [0.4, 0.5) is 0 Å². The molecule has 3 saturated heterocycles. The van der Waals surface area contributed by atoms with Crippen LogP contribution in [0, 0.1) is 12.8 Å². The number of hydrogen-bond donors (Lipinski definition) is 1. The van der Waals surface area contributed by atoms with Gasteiger partial charge in [-0.2, -0.15) is 0 Å². The zero-order valence-corrected chi connectivity index (χ0v) is 19.7. The Morgan fingerprint density at radius 1 is 1.00 bits per heavy atom. The predicted octanol–water partition coefficient (Wildman–Crippen LogP) is 3.27. The lowest BCUT2D eigenvalue weighted by molar-refractivity contribution is -0.127. The summed E-state index contributed by atoms with van der Waals surface area (Å²) in [5.41, 5.74) is 2.87. The van der Waals surface area contributed by atoms with E-state index in [1.807, 2.05) is 0 Å². The van der Waals surface area contributed by atoms with Gasteiger partial charge >= 0.3 is 0 Å². The minimum Gasteiger partial charge on any atom is -0.354 e. The van der Waals surface area contributed by atoms with E-state index in [0.717, 1.165) is 45.6 Å². The zero-order chi connectivity index (χ0) is 21.6. The molecule has 172 valence electrons. The maximum Gasteiger partial charge on any atom is 0.223 e. The van der Waals surface area contributed by atoms with Gasteiger partial charge in [0.15, 0.2) is 0 Å². The van der Waals surface area contributed by atoms with Crippen molar-refractivity contribution in [3.63, 3.8) is 0 Å². The van der Waals surface area contributed by atoms with Crippen LogP contribution in [0.15, 0.2) is 24.3 Å². The lowest BCUT2D eigenvalue weighted by atomic mass is 9.92. The van der Waals surface area contributed by atoms with Crippen molar-refractivity contribution >= 4 is 5.91 Å². The average molecular weight is 427 g/mol. The molecule has 0 aromatic heterocycles. The SMILES string of the molecule is CCN1CCCC1CNC(=O)C1CCN(C2CCN(Cc3ccccc3C)CC2)CC1. The minimum absolute atomic E-state index is 0.217. The van der Waals surface area contributed by atoms with Crippen LogP contribution in [0.25, 0.3) is 0 Å². The van der Waals surface area contributed by atoms with Crippen LogP contribution in [0.3, 0.4) is 0 Å². The van der Waals surface area contributed by atoms with E-state index in [4.69, 9.17) is 0 Å². The third kappa shape index (κ3) is 5.88. The molecule has 1 aromatic rings. The number of amides is 1. The van der Waals surface area contributed by atoms with Gasteiger partial charge in [0, 0.05) is 31.1 Å². The molecule has 0 saturated carbocycles. The van der Waals surface area contributed by atoms with E-state index < -0.39 is 0 Å².